The normalized spacial score (nSPS) is 17.6. The number of halogens is 2. The molecule has 29 heavy (non-hydrogen) atoms. The maximum absolute atomic E-state index is 12.7. The first kappa shape index (κ1) is 23.9. The summed E-state index contributed by atoms with van der Waals surface area (Å²) < 4.78 is 4.93. The van der Waals surface area contributed by atoms with Crippen molar-refractivity contribution in [2.45, 2.75) is 25.9 Å². The van der Waals surface area contributed by atoms with E-state index >= 15 is 0 Å². The molecule has 7 nitrogen and oxygen atoms in total. The minimum atomic E-state index is -0.263. The Morgan fingerprint density at radius 1 is 1.17 bits per heavy atom. The van der Waals surface area contributed by atoms with Gasteiger partial charge in [0.1, 0.15) is 0 Å². The average Bonchev–Trinajstić information content (AvgIpc) is 2.68. The number of carbonyl (C=O) groups excluding carboxylic acids is 2. The lowest BCUT2D eigenvalue weighted by Gasteiger charge is -2.37. The van der Waals surface area contributed by atoms with Crippen molar-refractivity contribution in [2.75, 3.05) is 53.0 Å². The van der Waals surface area contributed by atoms with Crippen molar-refractivity contribution in [3.63, 3.8) is 0 Å². The van der Waals surface area contributed by atoms with E-state index in [-0.39, 0.29) is 23.9 Å². The zero-order valence-electron chi connectivity index (χ0n) is 17.2. The van der Waals surface area contributed by atoms with Gasteiger partial charge in [0.2, 0.25) is 11.8 Å². The van der Waals surface area contributed by atoms with Crippen molar-refractivity contribution in [3.05, 3.63) is 33.8 Å². The van der Waals surface area contributed by atoms with Crippen LogP contribution in [0.15, 0.2) is 18.2 Å². The summed E-state index contributed by atoms with van der Waals surface area (Å²) in [6, 6.07) is 4.79. The van der Waals surface area contributed by atoms with Crippen LogP contribution in [0, 0.1) is 0 Å². The predicted molar refractivity (Wildman–Crippen MR) is 115 cm³/mol. The molecule has 9 heteroatoms. The van der Waals surface area contributed by atoms with Gasteiger partial charge in [0.15, 0.2) is 0 Å². The molecule has 1 saturated heterocycles. The Kier molecular flexibility index (Phi) is 9.65. The highest BCUT2D eigenvalue weighted by atomic mass is 35.5. The van der Waals surface area contributed by atoms with Crippen LogP contribution in [0.25, 0.3) is 0 Å². The van der Waals surface area contributed by atoms with Crippen LogP contribution in [-0.2, 0) is 14.3 Å². The summed E-state index contributed by atoms with van der Waals surface area (Å²) in [5.74, 6) is -0.0516. The van der Waals surface area contributed by atoms with E-state index in [4.69, 9.17) is 27.9 Å². The smallest absolute Gasteiger partial charge is 0.237 e. The monoisotopic (exact) mass is 444 g/mol. The predicted octanol–water partition coefficient (Wildman–Crippen LogP) is 1.94. The standard InChI is InChI=1S/C20H30Cl2N4O3/c1-14(17-5-4-16(21)12-18(17)22)24-20(28)15(2)26-9-7-25(8-10-26)13-19(27)23-6-11-29-3/h4-5,12,14-15H,6-11,13H2,1-3H3,(H,23,27)(H,24,28). The molecular formula is C20H30Cl2N4O3. The molecule has 0 aliphatic carbocycles. The first-order valence-electron chi connectivity index (χ1n) is 9.79. The third kappa shape index (κ3) is 7.42. The first-order chi connectivity index (χ1) is 13.8. The highest BCUT2D eigenvalue weighted by Gasteiger charge is 2.27. The molecular weight excluding hydrogens is 415 g/mol. The lowest BCUT2D eigenvalue weighted by atomic mass is 10.1. The number of ether oxygens (including phenoxy) is 1. The third-order valence-electron chi connectivity index (χ3n) is 5.12. The molecule has 1 aromatic rings. The molecule has 2 unspecified atom stereocenters. The van der Waals surface area contributed by atoms with Crippen LogP contribution < -0.4 is 10.6 Å². The summed E-state index contributed by atoms with van der Waals surface area (Å²) in [6.07, 6.45) is 0. The van der Waals surface area contributed by atoms with Gasteiger partial charge in [0.05, 0.1) is 25.2 Å². The number of nitrogens with zero attached hydrogens (tertiary/aromatic N) is 2. The van der Waals surface area contributed by atoms with Gasteiger partial charge >= 0.3 is 0 Å². The van der Waals surface area contributed by atoms with Gasteiger partial charge in [-0.05, 0) is 31.5 Å². The lowest BCUT2D eigenvalue weighted by Crippen LogP contribution is -2.55. The van der Waals surface area contributed by atoms with E-state index in [0.29, 0.717) is 29.7 Å². The molecule has 1 aliphatic rings. The van der Waals surface area contributed by atoms with Gasteiger partial charge in [0.25, 0.3) is 0 Å². The van der Waals surface area contributed by atoms with Gasteiger partial charge in [-0.25, -0.2) is 0 Å². The zero-order chi connectivity index (χ0) is 21.4. The van der Waals surface area contributed by atoms with Gasteiger partial charge in [-0.2, -0.15) is 0 Å². The van der Waals surface area contributed by atoms with Crippen molar-refractivity contribution in [2.24, 2.45) is 0 Å². The summed E-state index contributed by atoms with van der Waals surface area (Å²) in [5.41, 5.74) is 0.834. The second kappa shape index (κ2) is 11.7. The molecule has 2 amide bonds. The number of benzene rings is 1. The van der Waals surface area contributed by atoms with E-state index in [2.05, 4.69) is 20.4 Å². The molecule has 2 atom stereocenters. The highest BCUT2D eigenvalue weighted by molar-refractivity contribution is 6.35. The number of hydrogen-bond donors (Lipinski definition) is 2. The second-order valence-corrected chi connectivity index (χ2v) is 8.07. The Balaban J connectivity index is 1.78. The average molecular weight is 445 g/mol. The number of rotatable bonds is 9. The van der Waals surface area contributed by atoms with E-state index in [9.17, 15) is 9.59 Å². The van der Waals surface area contributed by atoms with E-state index < -0.39 is 0 Å². The number of nitrogens with one attached hydrogen (secondary N) is 2. The Labute approximate surface area is 182 Å². The Hall–Kier alpha value is -1.38. The van der Waals surface area contributed by atoms with Crippen LogP contribution in [0.3, 0.4) is 0 Å². The second-order valence-electron chi connectivity index (χ2n) is 7.23. The van der Waals surface area contributed by atoms with Gasteiger partial charge in [-0.15, -0.1) is 0 Å². The topological polar surface area (TPSA) is 73.9 Å². The van der Waals surface area contributed by atoms with Crippen LogP contribution in [0.2, 0.25) is 10.0 Å². The quantitative estimate of drug-likeness (QED) is 0.569. The summed E-state index contributed by atoms with van der Waals surface area (Å²) >= 11 is 12.2. The molecule has 0 bridgehead atoms. The van der Waals surface area contributed by atoms with Gasteiger partial charge in [-0.3, -0.25) is 19.4 Å². The molecule has 1 aromatic carbocycles. The van der Waals surface area contributed by atoms with Crippen molar-refractivity contribution >= 4 is 35.0 Å². The Bertz CT molecular complexity index is 696. The molecule has 0 aromatic heterocycles. The largest absolute Gasteiger partial charge is 0.383 e. The van der Waals surface area contributed by atoms with E-state index in [1.165, 1.54) is 0 Å². The van der Waals surface area contributed by atoms with Crippen LogP contribution in [0.5, 0.6) is 0 Å². The number of hydrogen-bond acceptors (Lipinski definition) is 5. The van der Waals surface area contributed by atoms with Crippen molar-refractivity contribution in [1.29, 1.82) is 0 Å². The number of piperazine rings is 1. The van der Waals surface area contributed by atoms with Gasteiger partial charge in [-0.1, -0.05) is 29.3 Å². The highest BCUT2D eigenvalue weighted by Crippen LogP contribution is 2.26. The summed E-state index contributed by atoms with van der Waals surface area (Å²) in [5, 5.41) is 6.96. The minimum Gasteiger partial charge on any atom is -0.383 e. The molecule has 0 spiro atoms. The van der Waals surface area contributed by atoms with E-state index in [1.54, 1.807) is 19.2 Å². The molecule has 1 fully saturated rings. The molecule has 162 valence electrons. The summed E-state index contributed by atoms with van der Waals surface area (Å²) in [7, 11) is 1.60. The van der Waals surface area contributed by atoms with Crippen molar-refractivity contribution in [3.8, 4) is 0 Å². The molecule has 1 aliphatic heterocycles. The van der Waals surface area contributed by atoms with Crippen molar-refractivity contribution < 1.29 is 14.3 Å². The van der Waals surface area contributed by atoms with Crippen molar-refractivity contribution in [1.82, 2.24) is 20.4 Å². The third-order valence-corrected chi connectivity index (χ3v) is 5.68. The maximum atomic E-state index is 12.7. The Morgan fingerprint density at radius 3 is 2.48 bits per heavy atom. The first-order valence-corrected chi connectivity index (χ1v) is 10.5. The van der Waals surface area contributed by atoms with Crippen LogP contribution >= 0.6 is 23.2 Å². The molecule has 0 radical (unpaired) electrons. The summed E-state index contributed by atoms with van der Waals surface area (Å²) in [6.45, 7) is 8.14. The number of carbonyl (C=O) groups is 2. The van der Waals surface area contributed by atoms with Crippen LogP contribution in [-0.4, -0.2) is 80.6 Å². The zero-order valence-corrected chi connectivity index (χ0v) is 18.7. The molecule has 0 saturated carbocycles. The van der Waals surface area contributed by atoms with E-state index in [0.717, 1.165) is 31.7 Å². The fourth-order valence-electron chi connectivity index (χ4n) is 3.29. The Morgan fingerprint density at radius 2 is 1.86 bits per heavy atom. The summed E-state index contributed by atoms with van der Waals surface area (Å²) in [4.78, 5) is 28.8. The lowest BCUT2D eigenvalue weighted by molar-refractivity contribution is -0.128. The fourth-order valence-corrected chi connectivity index (χ4v) is 3.86. The van der Waals surface area contributed by atoms with E-state index in [1.807, 2.05) is 19.9 Å². The SMILES string of the molecule is COCCNC(=O)CN1CCN(C(C)C(=O)NC(C)c2ccc(Cl)cc2Cl)CC1. The van der Waals surface area contributed by atoms with Gasteiger partial charge < -0.3 is 15.4 Å². The number of methoxy groups -OCH3 is 1. The molecule has 2 rings (SSSR count). The molecule has 1 heterocycles. The van der Waals surface area contributed by atoms with Crippen LogP contribution in [0.1, 0.15) is 25.5 Å². The maximum Gasteiger partial charge on any atom is 0.237 e. The minimum absolute atomic E-state index is 0.00467. The number of amides is 2. The van der Waals surface area contributed by atoms with Gasteiger partial charge in [0, 0.05) is 49.9 Å². The molecule has 2 N–H and O–H groups in total. The fraction of sp³-hybridized carbons (Fsp3) is 0.600. The van der Waals surface area contributed by atoms with Crippen LogP contribution in [0.4, 0.5) is 0 Å².